The zero-order valence-corrected chi connectivity index (χ0v) is 5.17. The molecule has 1 saturated heterocycles. The predicted octanol–water partition coefficient (Wildman–Crippen LogP) is -1.41. The molecule has 0 amide bonds. The highest BCUT2D eigenvalue weighted by atomic mass is 15.2. The van der Waals surface area contributed by atoms with Crippen LogP contribution in [0.2, 0.25) is 0 Å². The van der Waals surface area contributed by atoms with Gasteiger partial charge in [0.2, 0.25) is 0 Å². The minimum absolute atomic E-state index is 0.194. The van der Waals surface area contributed by atoms with Gasteiger partial charge in [-0.2, -0.15) is 0 Å². The Balaban J connectivity index is 2.39. The molecule has 48 valence electrons. The minimum Gasteiger partial charge on any atom is -0.325 e. The SMILES string of the molecule is CN1CC(N)[C@@H](N)C1. The summed E-state index contributed by atoms with van der Waals surface area (Å²) in [7, 11) is 2.03. The molecule has 1 aliphatic rings. The Bertz CT molecular complexity index is 73.7. The molecule has 0 bridgehead atoms. The normalized spacial score (nSPS) is 40.9. The third-order valence-electron chi connectivity index (χ3n) is 1.59. The lowest BCUT2D eigenvalue weighted by atomic mass is 10.2. The number of hydrogen-bond acceptors (Lipinski definition) is 3. The third kappa shape index (κ3) is 0.992. The molecule has 0 saturated carbocycles. The van der Waals surface area contributed by atoms with Crippen molar-refractivity contribution in [3.8, 4) is 0 Å². The van der Waals surface area contributed by atoms with Crippen LogP contribution in [0.25, 0.3) is 0 Å². The summed E-state index contributed by atoms with van der Waals surface area (Å²) in [6.45, 7) is 1.89. The van der Waals surface area contributed by atoms with E-state index in [9.17, 15) is 0 Å². The van der Waals surface area contributed by atoms with E-state index < -0.39 is 0 Å². The number of rotatable bonds is 0. The van der Waals surface area contributed by atoms with E-state index in [1.807, 2.05) is 7.05 Å². The Kier molecular flexibility index (Phi) is 1.51. The maximum atomic E-state index is 5.60. The van der Waals surface area contributed by atoms with Gasteiger partial charge in [-0.05, 0) is 7.05 Å². The lowest BCUT2D eigenvalue weighted by Gasteiger charge is -2.04. The first-order valence-electron chi connectivity index (χ1n) is 2.90. The summed E-state index contributed by atoms with van der Waals surface area (Å²) in [6.07, 6.45) is 0. The third-order valence-corrected chi connectivity index (χ3v) is 1.59. The highest BCUT2D eigenvalue weighted by Gasteiger charge is 2.23. The zero-order valence-electron chi connectivity index (χ0n) is 5.17. The number of nitrogens with zero attached hydrogens (tertiary/aromatic N) is 1. The van der Waals surface area contributed by atoms with Gasteiger partial charge in [-0.3, -0.25) is 0 Å². The maximum absolute atomic E-state index is 5.60. The summed E-state index contributed by atoms with van der Waals surface area (Å²) < 4.78 is 0. The van der Waals surface area contributed by atoms with Crippen LogP contribution in [-0.4, -0.2) is 37.1 Å². The molecule has 1 rings (SSSR count). The first-order chi connectivity index (χ1) is 3.70. The largest absolute Gasteiger partial charge is 0.325 e. The van der Waals surface area contributed by atoms with Gasteiger partial charge in [-0.25, -0.2) is 0 Å². The van der Waals surface area contributed by atoms with E-state index in [-0.39, 0.29) is 12.1 Å². The molecule has 0 aliphatic carbocycles. The van der Waals surface area contributed by atoms with E-state index in [0.29, 0.717) is 0 Å². The molecule has 0 aromatic heterocycles. The topological polar surface area (TPSA) is 55.3 Å². The molecule has 0 aromatic rings. The van der Waals surface area contributed by atoms with Crippen LogP contribution in [0.15, 0.2) is 0 Å². The molecule has 0 aromatic carbocycles. The van der Waals surface area contributed by atoms with Gasteiger partial charge in [0.15, 0.2) is 0 Å². The first-order valence-corrected chi connectivity index (χ1v) is 2.90. The van der Waals surface area contributed by atoms with Crippen molar-refractivity contribution < 1.29 is 0 Å². The number of likely N-dealkylation sites (tertiary alicyclic amines) is 1. The van der Waals surface area contributed by atoms with Crippen LogP contribution < -0.4 is 11.5 Å². The zero-order chi connectivity index (χ0) is 6.15. The van der Waals surface area contributed by atoms with E-state index >= 15 is 0 Å². The van der Waals surface area contributed by atoms with Crippen LogP contribution in [0.5, 0.6) is 0 Å². The van der Waals surface area contributed by atoms with Gasteiger partial charge in [0.25, 0.3) is 0 Å². The maximum Gasteiger partial charge on any atom is 0.0334 e. The minimum atomic E-state index is 0.194. The standard InChI is InChI=1S/C5H13N3/c1-8-2-4(6)5(7)3-8/h4-5H,2-3,6-7H2,1H3/t4-,5?/m0/s1. The lowest BCUT2D eigenvalue weighted by molar-refractivity contribution is 0.407. The van der Waals surface area contributed by atoms with E-state index in [1.54, 1.807) is 0 Å². The average Bonchev–Trinajstić information content (AvgIpc) is 1.85. The van der Waals surface area contributed by atoms with Crippen molar-refractivity contribution in [2.75, 3.05) is 20.1 Å². The molecule has 1 unspecified atom stereocenters. The monoisotopic (exact) mass is 115 g/mol. The fourth-order valence-electron chi connectivity index (χ4n) is 1.07. The Morgan fingerprint density at radius 2 is 1.62 bits per heavy atom. The van der Waals surface area contributed by atoms with Crippen molar-refractivity contribution in [3.05, 3.63) is 0 Å². The average molecular weight is 115 g/mol. The van der Waals surface area contributed by atoms with Crippen LogP contribution in [0.1, 0.15) is 0 Å². The Hall–Kier alpha value is -0.120. The summed E-state index contributed by atoms with van der Waals surface area (Å²) >= 11 is 0. The smallest absolute Gasteiger partial charge is 0.0334 e. The van der Waals surface area contributed by atoms with Gasteiger partial charge < -0.3 is 16.4 Å². The number of hydrogen-bond donors (Lipinski definition) is 2. The molecule has 3 heteroatoms. The van der Waals surface area contributed by atoms with Crippen molar-refractivity contribution in [2.45, 2.75) is 12.1 Å². The highest BCUT2D eigenvalue weighted by molar-refractivity contribution is 4.87. The van der Waals surface area contributed by atoms with E-state index in [0.717, 1.165) is 13.1 Å². The van der Waals surface area contributed by atoms with Gasteiger partial charge in [-0.1, -0.05) is 0 Å². The summed E-state index contributed by atoms with van der Waals surface area (Å²) in [5.41, 5.74) is 11.2. The van der Waals surface area contributed by atoms with Gasteiger partial charge in [0.05, 0.1) is 0 Å². The molecular formula is C5H13N3. The van der Waals surface area contributed by atoms with E-state index in [4.69, 9.17) is 11.5 Å². The Labute approximate surface area is 49.6 Å². The van der Waals surface area contributed by atoms with Crippen molar-refractivity contribution in [1.82, 2.24) is 4.90 Å². The van der Waals surface area contributed by atoms with E-state index in [1.165, 1.54) is 0 Å². The molecule has 1 fully saturated rings. The highest BCUT2D eigenvalue weighted by Crippen LogP contribution is 2.01. The lowest BCUT2D eigenvalue weighted by Crippen LogP contribution is -2.39. The van der Waals surface area contributed by atoms with Gasteiger partial charge >= 0.3 is 0 Å². The molecule has 1 heterocycles. The molecule has 8 heavy (non-hydrogen) atoms. The summed E-state index contributed by atoms with van der Waals surface area (Å²) in [5.74, 6) is 0. The van der Waals surface area contributed by atoms with E-state index in [2.05, 4.69) is 4.90 Å². The second kappa shape index (κ2) is 2.01. The van der Waals surface area contributed by atoms with Crippen LogP contribution in [0, 0.1) is 0 Å². The van der Waals surface area contributed by atoms with Crippen molar-refractivity contribution in [3.63, 3.8) is 0 Å². The summed E-state index contributed by atoms with van der Waals surface area (Å²) in [4.78, 5) is 2.15. The second-order valence-corrected chi connectivity index (χ2v) is 2.55. The predicted molar refractivity (Wildman–Crippen MR) is 33.4 cm³/mol. The molecular weight excluding hydrogens is 102 g/mol. The quantitative estimate of drug-likeness (QED) is 0.407. The van der Waals surface area contributed by atoms with Crippen LogP contribution in [-0.2, 0) is 0 Å². The Morgan fingerprint density at radius 3 is 1.75 bits per heavy atom. The molecule has 2 atom stereocenters. The van der Waals surface area contributed by atoms with Crippen LogP contribution in [0.3, 0.4) is 0 Å². The molecule has 0 spiro atoms. The molecule has 4 N–H and O–H groups in total. The van der Waals surface area contributed by atoms with Gasteiger partial charge in [0.1, 0.15) is 0 Å². The van der Waals surface area contributed by atoms with Gasteiger partial charge in [0, 0.05) is 25.2 Å². The molecule has 0 radical (unpaired) electrons. The van der Waals surface area contributed by atoms with Crippen LogP contribution >= 0.6 is 0 Å². The van der Waals surface area contributed by atoms with Gasteiger partial charge in [-0.15, -0.1) is 0 Å². The molecule has 3 nitrogen and oxygen atoms in total. The second-order valence-electron chi connectivity index (χ2n) is 2.55. The fraction of sp³-hybridized carbons (Fsp3) is 1.00. The summed E-state index contributed by atoms with van der Waals surface area (Å²) in [6, 6.07) is 0.389. The number of nitrogens with two attached hydrogens (primary N) is 2. The van der Waals surface area contributed by atoms with Crippen molar-refractivity contribution in [1.29, 1.82) is 0 Å². The fourth-order valence-corrected chi connectivity index (χ4v) is 1.07. The summed E-state index contributed by atoms with van der Waals surface area (Å²) in [5, 5.41) is 0. The number of likely N-dealkylation sites (N-methyl/N-ethyl adjacent to an activating group) is 1. The van der Waals surface area contributed by atoms with Crippen LogP contribution in [0.4, 0.5) is 0 Å². The van der Waals surface area contributed by atoms with Crippen molar-refractivity contribution in [2.24, 2.45) is 11.5 Å². The van der Waals surface area contributed by atoms with Crippen molar-refractivity contribution >= 4 is 0 Å². The Morgan fingerprint density at radius 1 is 1.25 bits per heavy atom. The first kappa shape index (κ1) is 6.01. The molecule has 1 aliphatic heterocycles.